The van der Waals surface area contributed by atoms with Crippen LogP contribution in [0, 0.1) is 0 Å². The van der Waals surface area contributed by atoms with Gasteiger partial charge in [0.1, 0.15) is 41.4 Å². The number of benzene rings is 2. The summed E-state index contributed by atoms with van der Waals surface area (Å²) in [6, 6.07) is 11.5. The van der Waals surface area contributed by atoms with Gasteiger partial charge in [-0.2, -0.15) is 5.09 Å². The molecule has 2 aromatic heterocycles. The summed E-state index contributed by atoms with van der Waals surface area (Å²) in [4.78, 5) is 24.8. The number of anilines is 1. The molecular weight excluding hydrogens is 579 g/mol. The van der Waals surface area contributed by atoms with Crippen molar-refractivity contribution in [3.8, 4) is 5.75 Å². The molecule has 1 aliphatic rings. The summed E-state index contributed by atoms with van der Waals surface area (Å²) in [5.74, 6) is -0.363. The number of aliphatic hydroxyl groups is 2. The molecule has 0 radical (unpaired) electrons. The minimum Gasteiger partial charge on any atom is -0.462 e. The van der Waals surface area contributed by atoms with Crippen LogP contribution in [0.3, 0.4) is 0 Å². The van der Waals surface area contributed by atoms with E-state index in [4.69, 9.17) is 24.3 Å². The lowest BCUT2D eigenvalue weighted by Crippen LogP contribution is -2.46. The van der Waals surface area contributed by atoms with Crippen LogP contribution in [0.1, 0.15) is 27.0 Å². The van der Waals surface area contributed by atoms with E-state index in [0.29, 0.717) is 0 Å². The van der Waals surface area contributed by atoms with E-state index in [9.17, 15) is 19.6 Å². The molecule has 5 rings (SSSR count). The normalized spacial score (nSPS) is 24.2. The van der Waals surface area contributed by atoms with Crippen LogP contribution in [-0.4, -0.2) is 72.3 Å². The summed E-state index contributed by atoms with van der Waals surface area (Å²) in [5, 5.41) is 26.5. The van der Waals surface area contributed by atoms with Crippen molar-refractivity contribution in [1.82, 2.24) is 24.6 Å². The van der Waals surface area contributed by atoms with E-state index in [0.717, 1.165) is 10.8 Å². The molecule has 1 unspecified atom stereocenters. The monoisotopic (exact) mass is 612 g/mol. The van der Waals surface area contributed by atoms with Gasteiger partial charge in [0.15, 0.2) is 17.7 Å². The lowest BCUT2D eigenvalue weighted by atomic mass is 9.96. The van der Waals surface area contributed by atoms with Crippen molar-refractivity contribution in [3.05, 3.63) is 67.8 Å². The van der Waals surface area contributed by atoms with Gasteiger partial charge in [0.05, 0.1) is 19.0 Å². The first-order valence-electron chi connectivity index (χ1n) is 13.5. The molecule has 228 valence electrons. The molecule has 5 N–H and O–H groups in total. The number of aromatic nitrogens is 4. The summed E-state index contributed by atoms with van der Waals surface area (Å²) in [5.41, 5.74) is 4.65. The highest BCUT2D eigenvalue weighted by Crippen LogP contribution is 2.48. The third kappa shape index (κ3) is 6.11. The Kier molecular flexibility index (Phi) is 8.52. The second-order valence-corrected chi connectivity index (χ2v) is 12.1. The lowest BCUT2D eigenvalue weighted by Gasteiger charge is -2.31. The Bertz CT molecular complexity index is 1700. The number of nitrogens with zero attached hydrogens (tertiary/aromatic N) is 4. The number of aliphatic hydroxyl groups excluding tert-OH is 2. The Morgan fingerprint density at radius 3 is 2.67 bits per heavy atom. The highest BCUT2D eigenvalue weighted by Gasteiger charge is 2.55. The van der Waals surface area contributed by atoms with E-state index in [2.05, 4.69) is 26.6 Å². The molecule has 0 bridgehead atoms. The van der Waals surface area contributed by atoms with E-state index < -0.39 is 56.5 Å². The van der Waals surface area contributed by atoms with Crippen LogP contribution in [0.4, 0.5) is 5.82 Å². The number of fused-ring (bicyclic) bond motifs is 2. The van der Waals surface area contributed by atoms with Crippen LogP contribution in [0.25, 0.3) is 21.9 Å². The zero-order valence-corrected chi connectivity index (χ0v) is 24.6. The number of esters is 1. The van der Waals surface area contributed by atoms with Gasteiger partial charge in [0.25, 0.3) is 0 Å². The maximum Gasteiger partial charge on any atom is 0.459 e. The second-order valence-electron chi connectivity index (χ2n) is 10.4. The molecule has 1 saturated heterocycles. The fourth-order valence-electron chi connectivity index (χ4n) is 4.70. The molecule has 1 fully saturated rings. The first kappa shape index (κ1) is 30.5. The molecule has 6 atom stereocenters. The zero-order chi connectivity index (χ0) is 30.9. The molecule has 0 aliphatic carbocycles. The smallest absolute Gasteiger partial charge is 0.459 e. The van der Waals surface area contributed by atoms with Gasteiger partial charge < -0.3 is 29.9 Å². The molecule has 3 heterocycles. The number of nitrogens with two attached hydrogens (primary N) is 1. The minimum absolute atomic E-state index is 0.123. The van der Waals surface area contributed by atoms with E-state index in [1.54, 1.807) is 32.0 Å². The molecule has 1 aliphatic heterocycles. The molecule has 2 aromatic carbocycles. The number of hydrogen-bond donors (Lipinski definition) is 4. The van der Waals surface area contributed by atoms with Crippen molar-refractivity contribution < 1.29 is 38.1 Å². The lowest BCUT2D eigenvalue weighted by molar-refractivity contribution is -0.149. The van der Waals surface area contributed by atoms with Gasteiger partial charge in [-0.1, -0.05) is 36.4 Å². The number of imidazole rings is 1. The van der Waals surface area contributed by atoms with E-state index in [1.165, 1.54) is 30.2 Å². The third-order valence-corrected chi connectivity index (χ3v) is 8.55. The van der Waals surface area contributed by atoms with E-state index in [1.807, 2.05) is 24.3 Å². The quantitative estimate of drug-likeness (QED) is 0.110. The predicted molar refractivity (Wildman–Crippen MR) is 157 cm³/mol. The van der Waals surface area contributed by atoms with Crippen molar-refractivity contribution in [1.29, 1.82) is 0 Å². The number of carbonyl (C=O) groups excluding carboxylic acids is 1. The Morgan fingerprint density at radius 1 is 1.21 bits per heavy atom. The number of carbonyl (C=O) groups is 1. The van der Waals surface area contributed by atoms with Crippen LogP contribution in [0.15, 0.2) is 67.8 Å². The Balaban J connectivity index is 1.42. The summed E-state index contributed by atoms with van der Waals surface area (Å²) in [6.07, 6.45) is -0.914. The Hall–Kier alpha value is -3.91. The average molecular weight is 613 g/mol. The van der Waals surface area contributed by atoms with Gasteiger partial charge in [0.2, 0.25) is 0 Å². The van der Waals surface area contributed by atoms with E-state index >= 15 is 0 Å². The van der Waals surface area contributed by atoms with Crippen LogP contribution in [0.5, 0.6) is 5.75 Å². The molecule has 0 spiro atoms. The van der Waals surface area contributed by atoms with Crippen molar-refractivity contribution in [2.75, 3.05) is 12.3 Å². The summed E-state index contributed by atoms with van der Waals surface area (Å²) in [7, 11) is -4.38. The summed E-state index contributed by atoms with van der Waals surface area (Å²) in [6.45, 7) is 7.98. The largest absolute Gasteiger partial charge is 0.462 e. The molecule has 14 nitrogen and oxygen atoms in total. The Labute approximate surface area is 247 Å². The standard InChI is InChI=1S/C28H33N6O8P/c1-5-28(23(36)22(35)26(41-28)34-15-32-21-24(29)30-14-31-25(21)34)13-39-43(38,33-17(4)27(37)40-16(2)3)42-20-11-10-18-8-6-7-9-19(18)12-20/h5-12,14-17,22-23,26,35-36H,1,13H2,2-4H3,(H,33,38)(H2,29,30,31)/t17-,22+,23-,26+,28+,43?/m0/s1. The summed E-state index contributed by atoms with van der Waals surface area (Å²) < 4.78 is 38.6. The van der Waals surface area contributed by atoms with Gasteiger partial charge in [-0.3, -0.25) is 13.9 Å². The predicted octanol–water partition coefficient (Wildman–Crippen LogP) is 2.87. The van der Waals surface area contributed by atoms with Gasteiger partial charge in [-0.25, -0.2) is 19.5 Å². The zero-order valence-electron chi connectivity index (χ0n) is 23.7. The van der Waals surface area contributed by atoms with Crippen molar-refractivity contribution in [2.45, 2.75) is 57.0 Å². The molecule has 0 amide bonds. The van der Waals surface area contributed by atoms with Crippen LogP contribution in [0.2, 0.25) is 0 Å². The number of hydrogen-bond acceptors (Lipinski definition) is 12. The van der Waals surface area contributed by atoms with Crippen molar-refractivity contribution in [2.24, 2.45) is 0 Å². The topological polar surface area (TPSA) is 193 Å². The van der Waals surface area contributed by atoms with Crippen molar-refractivity contribution in [3.63, 3.8) is 0 Å². The van der Waals surface area contributed by atoms with Crippen molar-refractivity contribution >= 4 is 41.5 Å². The SMILES string of the molecule is C=C[C@]1(COP(=O)(N[C@@H](C)C(=O)OC(C)C)Oc2ccc3ccccc3c2)O[C@@H](n2cnc3c(N)ncnc32)[C@H](O)[C@@H]1O. The van der Waals surface area contributed by atoms with Crippen LogP contribution < -0.4 is 15.3 Å². The fourth-order valence-corrected chi connectivity index (χ4v) is 6.22. The van der Waals surface area contributed by atoms with Gasteiger partial charge in [-0.15, -0.1) is 6.58 Å². The molecule has 4 aromatic rings. The van der Waals surface area contributed by atoms with Crippen LogP contribution >= 0.6 is 7.75 Å². The van der Waals surface area contributed by atoms with Gasteiger partial charge in [-0.05, 0) is 43.7 Å². The molecular formula is C28H33N6O8P. The highest BCUT2D eigenvalue weighted by atomic mass is 31.2. The second kappa shape index (κ2) is 12.0. The van der Waals surface area contributed by atoms with Gasteiger partial charge in [0, 0.05) is 0 Å². The Morgan fingerprint density at radius 2 is 1.95 bits per heavy atom. The first-order chi connectivity index (χ1) is 20.4. The summed E-state index contributed by atoms with van der Waals surface area (Å²) >= 11 is 0. The van der Waals surface area contributed by atoms with Crippen LogP contribution in [-0.2, 0) is 23.4 Å². The molecule has 15 heteroatoms. The number of ether oxygens (including phenoxy) is 2. The van der Waals surface area contributed by atoms with Gasteiger partial charge >= 0.3 is 13.7 Å². The number of nitrogen functional groups attached to an aromatic ring is 1. The molecule has 0 saturated carbocycles. The third-order valence-electron chi connectivity index (χ3n) is 6.93. The highest BCUT2D eigenvalue weighted by molar-refractivity contribution is 7.52. The average Bonchev–Trinajstić information content (AvgIpc) is 3.51. The maximum absolute atomic E-state index is 14.2. The maximum atomic E-state index is 14.2. The minimum atomic E-state index is -4.38. The number of nitrogens with one attached hydrogen (secondary N) is 1. The molecule has 43 heavy (non-hydrogen) atoms. The fraction of sp³-hybridized carbons (Fsp3) is 0.357. The number of rotatable bonds is 11. The van der Waals surface area contributed by atoms with E-state index in [-0.39, 0.29) is 22.7 Å². The first-order valence-corrected chi connectivity index (χ1v) is 15.0.